The van der Waals surface area contributed by atoms with Gasteiger partial charge in [0.05, 0.1) is 50.1 Å². The van der Waals surface area contributed by atoms with Crippen molar-refractivity contribution in [3.05, 3.63) is 0 Å². The van der Waals surface area contributed by atoms with Crippen LogP contribution in [0.5, 0.6) is 0 Å². The van der Waals surface area contributed by atoms with E-state index in [1.807, 2.05) is 0 Å². The van der Waals surface area contributed by atoms with Gasteiger partial charge in [-0.05, 0) is 25.7 Å². The Morgan fingerprint density at radius 2 is 0.667 bits per heavy atom. The van der Waals surface area contributed by atoms with Gasteiger partial charge in [0.15, 0.2) is 0 Å². The number of esters is 4. The quantitative estimate of drug-likeness (QED) is 0.529. The van der Waals surface area contributed by atoms with Crippen molar-refractivity contribution >= 4 is 23.9 Å². The summed E-state index contributed by atoms with van der Waals surface area (Å²) in [6, 6.07) is 0. The van der Waals surface area contributed by atoms with Gasteiger partial charge in [-0.2, -0.15) is 0 Å². The van der Waals surface area contributed by atoms with Crippen molar-refractivity contribution in [1.82, 2.24) is 0 Å². The first-order chi connectivity index (χ1) is 11.3. The third-order valence-electron chi connectivity index (χ3n) is 6.55. The van der Waals surface area contributed by atoms with Crippen LogP contribution >= 0.6 is 0 Å². The van der Waals surface area contributed by atoms with E-state index < -0.39 is 45.5 Å². The van der Waals surface area contributed by atoms with Crippen molar-refractivity contribution in [2.75, 3.05) is 28.4 Å². The molecule has 4 fully saturated rings. The molecule has 0 radical (unpaired) electrons. The highest BCUT2D eigenvalue weighted by molar-refractivity contribution is 6.02. The molecule has 132 valence electrons. The molecule has 4 saturated carbocycles. The van der Waals surface area contributed by atoms with Crippen molar-refractivity contribution in [3.63, 3.8) is 0 Å². The highest BCUT2D eigenvalue weighted by Crippen LogP contribution is 2.87. The molecule has 0 aliphatic heterocycles. The molecule has 0 aromatic rings. The maximum absolute atomic E-state index is 12.6. The summed E-state index contributed by atoms with van der Waals surface area (Å²) >= 11 is 0. The molecule has 0 spiro atoms. The van der Waals surface area contributed by atoms with E-state index in [0.717, 1.165) is 0 Å². The van der Waals surface area contributed by atoms with Gasteiger partial charge in [-0.15, -0.1) is 0 Å². The van der Waals surface area contributed by atoms with E-state index in [9.17, 15) is 19.2 Å². The Bertz CT molecular complexity index is 528. The van der Waals surface area contributed by atoms with Gasteiger partial charge in [-0.3, -0.25) is 19.2 Å². The minimum atomic E-state index is -1.28. The Morgan fingerprint density at radius 1 is 0.500 bits per heavy atom. The number of rotatable bonds is 4. The lowest BCUT2D eigenvalue weighted by Gasteiger charge is -2.35. The normalized spacial score (nSPS) is 41.2. The predicted molar refractivity (Wildman–Crippen MR) is 76.3 cm³/mol. The average Bonchev–Trinajstić information content (AvgIpc) is 3.26. The topological polar surface area (TPSA) is 105 Å². The highest BCUT2D eigenvalue weighted by atomic mass is 16.5. The highest BCUT2D eigenvalue weighted by Gasteiger charge is 2.93. The number of hydrogen-bond acceptors (Lipinski definition) is 8. The molecule has 4 aliphatic carbocycles. The molecule has 0 amide bonds. The lowest BCUT2D eigenvalue weighted by Crippen LogP contribution is -2.46. The zero-order valence-electron chi connectivity index (χ0n) is 14.1. The van der Waals surface area contributed by atoms with Crippen LogP contribution in [0.2, 0.25) is 0 Å². The molecule has 0 atom stereocenters. The summed E-state index contributed by atoms with van der Waals surface area (Å²) in [4.78, 5) is 50.5. The number of methoxy groups -OCH3 is 4. The van der Waals surface area contributed by atoms with E-state index in [1.165, 1.54) is 28.4 Å². The van der Waals surface area contributed by atoms with E-state index in [-0.39, 0.29) is 25.7 Å². The van der Waals surface area contributed by atoms with Crippen molar-refractivity contribution in [3.8, 4) is 0 Å². The smallest absolute Gasteiger partial charge is 0.313 e. The van der Waals surface area contributed by atoms with E-state index in [2.05, 4.69) is 0 Å². The molecule has 4 aliphatic rings. The van der Waals surface area contributed by atoms with E-state index in [1.54, 1.807) is 0 Å². The average molecular weight is 340 g/mol. The summed E-state index contributed by atoms with van der Waals surface area (Å²) in [5, 5.41) is 0. The summed E-state index contributed by atoms with van der Waals surface area (Å²) in [6.45, 7) is 0. The molecule has 0 aromatic carbocycles. The van der Waals surface area contributed by atoms with Crippen molar-refractivity contribution < 1.29 is 38.1 Å². The van der Waals surface area contributed by atoms with Crippen molar-refractivity contribution in [1.29, 1.82) is 0 Å². The molecule has 4 rings (SSSR count). The lowest BCUT2D eigenvalue weighted by molar-refractivity contribution is -0.172. The van der Waals surface area contributed by atoms with Gasteiger partial charge in [-0.1, -0.05) is 0 Å². The summed E-state index contributed by atoms with van der Waals surface area (Å²) in [5.41, 5.74) is -5.12. The molecule has 8 heteroatoms. The zero-order chi connectivity index (χ0) is 18.0. The third-order valence-corrected chi connectivity index (χ3v) is 6.55. The first-order valence-electron chi connectivity index (χ1n) is 7.59. The van der Waals surface area contributed by atoms with Crippen LogP contribution in [0.25, 0.3) is 0 Å². The maximum Gasteiger partial charge on any atom is 0.313 e. The van der Waals surface area contributed by atoms with E-state index in [0.29, 0.717) is 0 Å². The zero-order valence-corrected chi connectivity index (χ0v) is 14.1. The van der Waals surface area contributed by atoms with Gasteiger partial charge >= 0.3 is 23.9 Å². The van der Waals surface area contributed by atoms with Gasteiger partial charge in [-0.25, -0.2) is 0 Å². The van der Waals surface area contributed by atoms with Gasteiger partial charge in [0.25, 0.3) is 0 Å². The second kappa shape index (κ2) is 4.70. The first kappa shape index (κ1) is 16.7. The maximum atomic E-state index is 12.6. The first-order valence-corrected chi connectivity index (χ1v) is 7.59. The third kappa shape index (κ3) is 1.37. The fraction of sp³-hybridized carbons (Fsp3) is 0.750. The van der Waals surface area contributed by atoms with Crippen LogP contribution in [0.4, 0.5) is 0 Å². The minimum Gasteiger partial charge on any atom is -0.469 e. The van der Waals surface area contributed by atoms with E-state index >= 15 is 0 Å². The number of carbonyl (C=O) groups excluding carboxylic acids is 4. The molecular formula is C16H20O8. The number of carbonyl (C=O) groups is 4. The van der Waals surface area contributed by atoms with Gasteiger partial charge in [0.2, 0.25) is 0 Å². The standard InChI is InChI=1S/C16H20O8/c1-21-9(17)13-5-15(11(19)23-3)7-14(13,10(18)22-2)8-16(15,6-13)12(20)24-4/h5-8H2,1-4H3. The Hall–Kier alpha value is -2.12. The molecule has 0 heterocycles. The van der Waals surface area contributed by atoms with Crippen LogP contribution in [0.3, 0.4) is 0 Å². The van der Waals surface area contributed by atoms with Crippen molar-refractivity contribution in [2.24, 2.45) is 21.7 Å². The van der Waals surface area contributed by atoms with Crippen LogP contribution in [0, 0.1) is 21.7 Å². The SMILES string of the molecule is COC(=O)C12CC3(C(=O)OC)CC1(C(=O)OC)CC3(C(=O)OC)C2. The Labute approximate surface area is 138 Å². The van der Waals surface area contributed by atoms with Crippen LogP contribution in [-0.4, -0.2) is 52.3 Å². The Morgan fingerprint density at radius 3 is 0.792 bits per heavy atom. The fourth-order valence-electron chi connectivity index (χ4n) is 5.80. The largest absolute Gasteiger partial charge is 0.469 e. The summed E-state index contributed by atoms with van der Waals surface area (Å²) in [7, 11) is 4.89. The monoisotopic (exact) mass is 340 g/mol. The molecular weight excluding hydrogens is 320 g/mol. The summed E-state index contributed by atoms with van der Waals surface area (Å²) < 4.78 is 19.8. The lowest BCUT2D eigenvalue weighted by atomic mass is 9.68. The Kier molecular flexibility index (Phi) is 3.28. The Balaban J connectivity index is 2.26. The molecule has 8 nitrogen and oxygen atoms in total. The van der Waals surface area contributed by atoms with Gasteiger partial charge < -0.3 is 18.9 Å². The predicted octanol–water partition coefficient (Wildman–Crippen LogP) is 0.225. The van der Waals surface area contributed by atoms with Gasteiger partial charge in [0.1, 0.15) is 0 Å². The molecule has 0 saturated heterocycles. The molecule has 24 heavy (non-hydrogen) atoms. The van der Waals surface area contributed by atoms with Crippen LogP contribution < -0.4 is 0 Å². The van der Waals surface area contributed by atoms with Crippen molar-refractivity contribution in [2.45, 2.75) is 25.7 Å². The molecule has 0 N–H and O–H groups in total. The minimum absolute atomic E-state index is 0.0174. The summed E-state index contributed by atoms with van der Waals surface area (Å²) in [6.07, 6.45) is 0.0696. The molecule has 4 bridgehead atoms. The molecule has 0 aromatic heterocycles. The fourth-order valence-corrected chi connectivity index (χ4v) is 5.80. The molecule has 0 unspecified atom stereocenters. The number of hydrogen-bond donors (Lipinski definition) is 0. The van der Waals surface area contributed by atoms with Crippen LogP contribution in [-0.2, 0) is 38.1 Å². The van der Waals surface area contributed by atoms with Gasteiger partial charge in [0, 0.05) is 0 Å². The van der Waals surface area contributed by atoms with Crippen LogP contribution in [0.15, 0.2) is 0 Å². The second-order valence-corrected chi connectivity index (χ2v) is 7.00. The second-order valence-electron chi connectivity index (χ2n) is 7.00. The number of ether oxygens (including phenoxy) is 4. The van der Waals surface area contributed by atoms with E-state index in [4.69, 9.17) is 18.9 Å². The van der Waals surface area contributed by atoms with Crippen LogP contribution in [0.1, 0.15) is 25.7 Å². The summed E-state index contributed by atoms with van der Waals surface area (Å²) in [5.74, 6) is -2.44.